The Bertz CT molecular complexity index is 992. The van der Waals surface area contributed by atoms with Crippen molar-refractivity contribution in [2.24, 2.45) is 5.92 Å². The highest BCUT2D eigenvalue weighted by atomic mass is 16.5. The Balaban J connectivity index is 1.74. The molecule has 1 N–H and O–H groups in total. The summed E-state index contributed by atoms with van der Waals surface area (Å²) in [5.74, 6) is 2.30. The van der Waals surface area contributed by atoms with Crippen molar-refractivity contribution in [1.29, 1.82) is 0 Å². The molecular weight excluding hydrogens is 408 g/mol. The third-order valence-corrected chi connectivity index (χ3v) is 5.56. The number of phenols is 1. The minimum atomic E-state index is -0.498. The van der Waals surface area contributed by atoms with Crippen molar-refractivity contribution in [3.8, 4) is 28.7 Å². The number of methoxy groups -OCH3 is 2. The number of rotatable bonds is 9. The molecule has 0 spiro atoms. The van der Waals surface area contributed by atoms with Crippen molar-refractivity contribution in [2.45, 2.75) is 46.1 Å². The number of hydrogen-bond acceptors (Lipinski definition) is 6. The van der Waals surface area contributed by atoms with E-state index in [9.17, 15) is 9.90 Å². The predicted molar refractivity (Wildman–Crippen MR) is 123 cm³/mol. The molecule has 0 saturated heterocycles. The number of ether oxygens (including phenoxy) is 4. The minimum absolute atomic E-state index is 0.119. The van der Waals surface area contributed by atoms with Gasteiger partial charge in [-0.15, -0.1) is 0 Å². The van der Waals surface area contributed by atoms with Crippen LogP contribution in [0.3, 0.4) is 0 Å². The Morgan fingerprint density at radius 1 is 1.19 bits per heavy atom. The molecule has 2 aromatic rings. The van der Waals surface area contributed by atoms with Crippen LogP contribution >= 0.6 is 0 Å². The van der Waals surface area contributed by atoms with Crippen molar-refractivity contribution in [1.82, 2.24) is 0 Å². The molecule has 0 aliphatic carbocycles. The fraction of sp³-hybridized carbons (Fsp3) is 0.423. The van der Waals surface area contributed by atoms with Gasteiger partial charge in [-0.25, -0.2) is 0 Å². The highest BCUT2D eigenvalue weighted by molar-refractivity contribution is 6.02. The molecule has 0 fully saturated rings. The quantitative estimate of drug-likeness (QED) is 0.491. The van der Waals surface area contributed by atoms with Gasteiger partial charge in [0.1, 0.15) is 35.5 Å². The first-order valence-corrected chi connectivity index (χ1v) is 10.9. The normalized spacial score (nSPS) is 15.9. The molecule has 0 unspecified atom stereocenters. The van der Waals surface area contributed by atoms with Crippen LogP contribution in [0.2, 0.25) is 0 Å². The van der Waals surface area contributed by atoms with Crippen molar-refractivity contribution in [3.05, 3.63) is 53.1 Å². The van der Waals surface area contributed by atoms with Crippen LogP contribution in [0.15, 0.2) is 42.0 Å². The average Bonchev–Trinajstić information content (AvgIpc) is 2.77. The Labute approximate surface area is 189 Å². The van der Waals surface area contributed by atoms with Crippen LogP contribution in [0, 0.1) is 5.92 Å². The van der Waals surface area contributed by atoms with Gasteiger partial charge in [0, 0.05) is 12.1 Å². The molecule has 1 heterocycles. The van der Waals surface area contributed by atoms with Gasteiger partial charge in [0.15, 0.2) is 17.3 Å². The van der Waals surface area contributed by atoms with Gasteiger partial charge in [0.2, 0.25) is 0 Å². The first kappa shape index (κ1) is 23.5. The van der Waals surface area contributed by atoms with Crippen LogP contribution in [0.4, 0.5) is 0 Å². The van der Waals surface area contributed by atoms with Crippen LogP contribution in [0.25, 0.3) is 0 Å². The Morgan fingerprint density at radius 3 is 2.66 bits per heavy atom. The zero-order chi connectivity index (χ0) is 23.3. The molecule has 1 atom stereocenters. The summed E-state index contributed by atoms with van der Waals surface area (Å²) in [6.07, 6.45) is 3.94. The van der Waals surface area contributed by atoms with E-state index in [1.54, 1.807) is 13.2 Å². The summed E-state index contributed by atoms with van der Waals surface area (Å²) < 4.78 is 22.7. The van der Waals surface area contributed by atoms with E-state index in [0.29, 0.717) is 35.5 Å². The molecule has 6 nitrogen and oxygen atoms in total. The lowest BCUT2D eigenvalue weighted by atomic mass is 9.95. The number of allylic oxidation sites excluding steroid dienone is 1. The average molecular weight is 441 g/mol. The van der Waals surface area contributed by atoms with E-state index in [-0.39, 0.29) is 23.5 Å². The number of hydrogen-bond donors (Lipinski definition) is 1. The van der Waals surface area contributed by atoms with E-state index >= 15 is 0 Å². The minimum Gasteiger partial charge on any atom is -0.507 e. The van der Waals surface area contributed by atoms with E-state index in [1.807, 2.05) is 18.2 Å². The van der Waals surface area contributed by atoms with Gasteiger partial charge in [-0.1, -0.05) is 25.5 Å². The van der Waals surface area contributed by atoms with Crippen LogP contribution in [-0.2, 0) is 0 Å². The topological polar surface area (TPSA) is 74.2 Å². The molecule has 1 aliphatic rings. The van der Waals surface area contributed by atoms with Gasteiger partial charge in [-0.3, -0.25) is 4.79 Å². The van der Waals surface area contributed by atoms with Gasteiger partial charge in [-0.05, 0) is 49.5 Å². The van der Waals surface area contributed by atoms with E-state index in [0.717, 1.165) is 18.4 Å². The van der Waals surface area contributed by atoms with Crippen molar-refractivity contribution in [2.75, 3.05) is 20.8 Å². The number of aromatic hydroxyl groups is 1. The Morgan fingerprint density at radius 2 is 1.97 bits per heavy atom. The number of fused-ring (bicyclic) bond motifs is 1. The number of phenolic OH excluding ortho intramolecular Hbond substituents is 1. The highest BCUT2D eigenvalue weighted by Crippen LogP contribution is 2.43. The lowest BCUT2D eigenvalue weighted by molar-refractivity contribution is 0.0844. The molecule has 0 amide bonds. The fourth-order valence-corrected chi connectivity index (χ4v) is 3.61. The van der Waals surface area contributed by atoms with Crippen molar-refractivity contribution in [3.63, 3.8) is 0 Å². The fourth-order valence-electron chi connectivity index (χ4n) is 3.61. The van der Waals surface area contributed by atoms with Crippen LogP contribution < -0.4 is 18.9 Å². The first-order valence-electron chi connectivity index (χ1n) is 10.9. The highest BCUT2D eigenvalue weighted by Gasteiger charge is 2.31. The second-order valence-corrected chi connectivity index (χ2v) is 8.46. The largest absolute Gasteiger partial charge is 0.507 e. The first-order chi connectivity index (χ1) is 15.3. The number of carbonyl (C=O) groups is 1. The van der Waals surface area contributed by atoms with Gasteiger partial charge in [0.25, 0.3) is 0 Å². The smallest absolute Gasteiger partial charge is 0.174 e. The molecule has 0 bridgehead atoms. The van der Waals surface area contributed by atoms with E-state index in [4.69, 9.17) is 18.9 Å². The van der Waals surface area contributed by atoms with Crippen LogP contribution in [-0.4, -0.2) is 31.7 Å². The third kappa shape index (κ3) is 5.55. The third-order valence-electron chi connectivity index (χ3n) is 5.56. The number of Topliss-reactive ketones (excluding diaryl/α,β-unsaturated/α-hetero) is 1. The van der Waals surface area contributed by atoms with Gasteiger partial charge >= 0.3 is 0 Å². The number of carbonyl (C=O) groups excluding carboxylic acids is 1. The molecular formula is C26H32O6. The summed E-state index contributed by atoms with van der Waals surface area (Å²) >= 11 is 0. The second-order valence-electron chi connectivity index (χ2n) is 8.46. The molecule has 172 valence electrons. The maximum absolute atomic E-state index is 12.7. The van der Waals surface area contributed by atoms with E-state index < -0.39 is 6.10 Å². The second kappa shape index (κ2) is 10.4. The lowest BCUT2D eigenvalue weighted by Crippen LogP contribution is -2.20. The summed E-state index contributed by atoms with van der Waals surface area (Å²) in [7, 11) is 3.08. The zero-order valence-corrected chi connectivity index (χ0v) is 19.4. The molecule has 0 aromatic heterocycles. The summed E-state index contributed by atoms with van der Waals surface area (Å²) in [6.45, 7) is 7.02. The monoisotopic (exact) mass is 440 g/mol. The molecule has 0 saturated carbocycles. The predicted octanol–water partition coefficient (Wildman–Crippen LogP) is 5.88. The van der Waals surface area contributed by atoms with Crippen LogP contribution in [0.5, 0.6) is 28.7 Å². The summed E-state index contributed by atoms with van der Waals surface area (Å²) in [4.78, 5) is 12.7. The lowest BCUT2D eigenvalue weighted by Gasteiger charge is -2.27. The van der Waals surface area contributed by atoms with Crippen molar-refractivity contribution >= 4 is 5.78 Å². The number of benzene rings is 2. The molecule has 32 heavy (non-hydrogen) atoms. The number of ketones is 1. The molecule has 0 radical (unpaired) electrons. The SMILES string of the molecule is COc1cc(O)c2c(c1)O[C@H](c1ccc(OC/C=C(\C)CCC(C)C)c(OC)c1)CC2=O. The van der Waals surface area contributed by atoms with E-state index in [2.05, 4.69) is 26.8 Å². The van der Waals surface area contributed by atoms with Gasteiger partial charge in [0.05, 0.1) is 20.6 Å². The maximum atomic E-state index is 12.7. The standard InChI is InChI=1S/C26H32O6/c1-16(2)6-7-17(3)10-11-31-22-9-8-18(12-24(22)30-5)23-15-21(28)26-20(27)13-19(29-4)14-25(26)32-23/h8-10,12-14,16,23,27H,6-7,11,15H2,1-5H3/b17-10+/t23-/m0/s1. The Hall–Kier alpha value is -3.15. The maximum Gasteiger partial charge on any atom is 0.174 e. The van der Waals surface area contributed by atoms with E-state index in [1.165, 1.54) is 18.7 Å². The van der Waals surface area contributed by atoms with Gasteiger partial charge < -0.3 is 24.1 Å². The zero-order valence-electron chi connectivity index (χ0n) is 19.4. The van der Waals surface area contributed by atoms with Crippen LogP contribution in [0.1, 0.15) is 62.1 Å². The summed E-state index contributed by atoms with van der Waals surface area (Å²) in [6, 6.07) is 8.55. The summed E-state index contributed by atoms with van der Waals surface area (Å²) in [5.41, 5.74) is 2.29. The molecule has 3 rings (SSSR count). The van der Waals surface area contributed by atoms with Gasteiger partial charge in [-0.2, -0.15) is 0 Å². The molecule has 1 aliphatic heterocycles. The Kier molecular flexibility index (Phi) is 7.67. The summed E-state index contributed by atoms with van der Waals surface area (Å²) in [5, 5.41) is 10.2. The molecule has 6 heteroatoms. The molecule has 2 aromatic carbocycles. The van der Waals surface area contributed by atoms with Crippen molar-refractivity contribution < 1.29 is 28.8 Å².